The van der Waals surface area contributed by atoms with Gasteiger partial charge in [0, 0.05) is 0 Å². The van der Waals surface area contributed by atoms with E-state index >= 15 is 0 Å². The zero-order valence-corrected chi connectivity index (χ0v) is 8.70. The Morgan fingerprint density at radius 2 is 2.00 bits per heavy atom. The Kier molecular flexibility index (Phi) is 4.36. The lowest BCUT2D eigenvalue weighted by Gasteiger charge is -2.27. The number of aliphatic hydroxyl groups excluding tert-OH is 1. The minimum absolute atomic E-state index is 0.232. The second kappa shape index (κ2) is 4.58. The molecule has 2 atom stereocenters. The van der Waals surface area contributed by atoms with E-state index in [2.05, 4.69) is 4.74 Å². The van der Waals surface area contributed by atoms with E-state index in [0.29, 0.717) is 0 Å². The van der Waals surface area contributed by atoms with Crippen LogP contribution in [0.25, 0.3) is 0 Å². The lowest BCUT2D eigenvalue weighted by atomic mass is 9.85. The molecule has 0 rings (SSSR count). The fourth-order valence-corrected chi connectivity index (χ4v) is 0.842. The van der Waals surface area contributed by atoms with Crippen LogP contribution in [0.15, 0.2) is 0 Å². The second-order valence-corrected chi connectivity index (χ2v) is 4.25. The first-order chi connectivity index (χ1) is 5.79. The number of methoxy groups -OCH3 is 1. The largest absolute Gasteiger partial charge is 0.468 e. The fraction of sp³-hybridized carbons (Fsp3) is 0.889. The highest BCUT2D eigenvalue weighted by atomic mass is 16.5. The molecule has 3 N–H and O–H groups in total. The summed E-state index contributed by atoms with van der Waals surface area (Å²) in [5.41, 5.74) is 5.23. The van der Waals surface area contributed by atoms with E-state index < -0.39 is 18.1 Å². The Balaban J connectivity index is 4.06. The number of carbonyl (C=O) groups excluding carboxylic acids is 1. The minimum Gasteiger partial charge on any atom is -0.468 e. The van der Waals surface area contributed by atoms with Gasteiger partial charge in [0.25, 0.3) is 0 Å². The molecular weight excluding hydrogens is 170 g/mol. The summed E-state index contributed by atoms with van der Waals surface area (Å²) in [5, 5.41) is 9.61. The molecular formula is C9H19NO3. The second-order valence-electron chi connectivity index (χ2n) is 4.25. The Morgan fingerprint density at radius 1 is 1.54 bits per heavy atom. The number of aliphatic hydroxyl groups is 1. The number of ether oxygens (including phenoxy) is 1. The zero-order valence-electron chi connectivity index (χ0n) is 8.70. The molecule has 0 amide bonds. The fourth-order valence-electron chi connectivity index (χ4n) is 0.842. The molecule has 13 heavy (non-hydrogen) atoms. The lowest BCUT2D eigenvalue weighted by molar-refractivity contribution is -0.143. The summed E-state index contributed by atoms with van der Waals surface area (Å²) in [5.74, 6) is -0.483. The zero-order chi connectivity index (χ0) is 10.6. The van der Waals surface area contributed by atoms with Gasteiger partial charge in [-0.3, -0.25) is 4.79 Å². The molecule has 0 radical (unpaired) electrons. The quantitative estimate of drug-likeness (QED) is 0.626. The van der Waals surface area contributed by atoms with Gasteiger partial charge in [-0.1, -0.05) is 20.8 Å². The van der Waals surface area contributed by atoms with Crippen LogP contribution in [-0.2, 0) is 9.53 Å². The van der Waals surface area contributed by atoms with Crippen LogP contribution >= 0.6 is 0 Å². The van der Waals surface area contributed by atoms with Crippen molar-refractivity contribution in [1.82, 2.24) is 0 Å². The maximum absolute atomic E-state index is 10.9. The minimum atomic E-state index is -0.737. The number of rotatable bonds is 3. The Morgan fingerprint density at radius 3 is 2.31 bits per heavy atom. The van der Waals surface area contributed by atoms with E-state index in [1.54, 1.807) is 0 Å². The summed E-state index contributed by atoms with van der Waals surface area (Å²) in [6, 6.07) is -0.737. The van der Waals surface area contributed by atoms with Crippen LogP contribution in [0.3, 0.4) is 0 Å². The van der Waals surface area contributed by atoms with Crippen LogP contribution in [0.5, 0.6) is 0 Å². The molecule has 0 bridgehead atoms. The summed E-state index contributed by atoms with van der Waals surface area (Å²) >= 11 is 0. The van der Waals surface area contributed by atoms with E-state index in [1.807, 2.05) is 20.8 Å². The highest BCUT2D eigenvalue weighted by Gasteiger charge is 2.27. The first-order valence-corrected chi connectivity index (χ1v) is 4.30. The van der Waals surface area contributed by atoms with Crippen LogP contribution in [0, 0.1) is 5.41 Å². The highest BCUT2D eigenvalue weighted by molar-refractivity contribution is 5.75. The third-order valence-electron chi connectivity index (χ3n) is 1.98. The molecule has 0 spiro atoms. The summed E-state index contributed by atoms with van der Waals surface area (Å²) in [4.78, 5) is 10.9. The molecule has 0 aliphatic heterocycles. The predicted molar refractivity (Wildman–Crippen MR) is 50.1 cm³/mol. The normalized spacial score (nSPS) is 16.5. The van der Waals surface area contributed by atoms with E-state index in [-0.39, 0.29) is 11.8 Å². The first-order valence-electron chi connectivity index (χ1n) is 4.30. The standard InChI is InChI=1S/C9H19NO3/c1-9(2,3)7(11)5-6(10)8(12)13-4/h6-7,11H,5,10H2,1-4H3. The van der Waals surface area contributed by atoms with Gasteiger partial charge in [0.1, 0.15) is 6.04 Å². The van der Waals surface area contributed by atoms with Crippen molar-refractivity contribution in [3.63, 3.8) is 0 Å². The van der Waals surface area contributed by atoms with Gasteiger partial charge in [-0.2, -0.15) is 0 Å². The molecule has 0 aliphatic carbocycles. The number of esters is 1. The van der Waals surface area contributed by atoms with Crippen molar-refractivity contribution in [2.24, 2.45) is 11.1 Å². The molecule has 0 fully saturated rings. The summed E-state index contributed by atoms with van der Waals surface area (Å²) in [7, 11) is 1.28. The van der Waals surface area contributed by atoms with Crippen LogP contribution in [0.4, 0.5) is 0 Å². The Labute approximate surface area is 79.1 Å². The van der Waals surface area contributed by atoms with Crippen LogP contribution < -0.4 is 5.73 Å². The van der Waals surface area contributed by atoms with Crippen LogP contribution in [0.1, 0.15) is 27.2 Å². The topological polar surface area (TPSA) is 72.5 Å². The third-order valence-corrected chi connectivity index (χ3v) is 1.98. The number of carbonyl (C=O) groups is 1. The molecule has 0 aromatic carbocycles. The van der Waals surface area contributed by atoms with Gasteiger partial charge in [-0.25, -0.2) is 0 Å². The Hall–Kier alpha value is -0.610. The van der Waals surface area contributed by atoms with Crippen molar-refractivity contribution in [3.05, 3.63) is 0 Å². The first kappa shape index (κ1) is 12.4. The third kappa shape index (κ3) is 4.24. The van der Waals surface area contributed by atoms with E-state index in [4.69, 9.17) is 5.73 Å². The molecule has 78 valence electrons. The van der Waals surface area contributed by atoms with Crippen molar-refractivity contribution >= 4 is 5.97 Å². The maximum Gasteiger partial charge on any atom is 0.322 e. The predicted octanol–water partition coefficient (Wildman–Crippen LogP) is 0.284. The Bertz CT molecular complexity index is 174. The van der Waals surface area contributed by atoms with E-state index in [0.717, 1.165) is 0 Å². The van der Waals surface area contributed by atoms with E-state index in [1.165, 1.54) is 7.11 Å². The highest BCUT2D eigenvalue weighted by Crippen LogP contribution is 2.22. The van der Waals surface area contributed by atoms with Gasteiger partial charge in [0.2, 0.25) is 0 Å². The van der Waals surface area contributed by atoms with Gasteiger partial charge in [0.15, 0.2) is 0 Å². The number of hydrogen-bond donors (Lipinski definition) is 2. The molecule has 0 aliphatic rings. The lowest BCUT2D eigenvalue weighted by Crippen LogP contribution is -2.39. The van der Waals surface area contributed by atoms with Crippen molar-refractivity contribution in [1.29, 1.82) is 0 Å². The summed E-state index contributed by atoms with van der Waals surface area (Å²) in [6.07, 6.45) is -0.363. The number of nitrogens with two attached hydrogens (primary N) is 1. The molecule has 0 aromatic rings. The summed E-state index contributed by atoms with van der Waals surface area (Å²) in [6.45, 7) is 5.67. The maximum atomic E-state index is 10.9. The molecule has 2 unspecified atom stereocenters. The molecule has 0 heterocycles. The van der Waals surface area contributed by atoms with Crippen LogP contribution in [-0.4, -0.2) is 30.3 Å². The summed E-state index contributed by atoms with van der Waals surface area (Å²) < 4.78 is 4.45. The smallest absolute Gasteiger partial charge is 0.322 e. The molecule has 0 aromatic heterocycles. The average molecular weight is 189 g/mol. The number of hydrogen-bond acceptors (Lipinski definition) is 4. The van der Waals surface area contributed by atoms with Crippen molar-refractivity contribution in [2.75, 3.05) is 7.11 Å². The van der Waals surface area contributed by atoms with Gasteiger partial charge >= 0.3 is 5.97 Å². The monoisotopic (exact) mass is 189 g/mol. The SMILES string of the molecule is COC(=O)C(N)CC(O)C(C)(C)C. The van der Waals surface area contributed by atoms with Gasteiger partial charge in [-0.05, 0) is 11.8 Å². The molecule has 0 saturated carbocycles. The van der Waals surface area contributed by atoms with Crippen molar-refractivity contribution in [2.45, 2.75) is 39.3 Å². The van der Waals surface area contributed by atoms with Gasteiger partial charge in [0.05, 0.1) is 13.2 Å². The molecule has 4 heteroatoms. The average Bonchev–Trinajstić information content (AvgIpc) is 2.01. The van der Waals surface area contributed by atoms with E-state index in [9.17, 15) is 9.90 Å². The van der Waals surface area contributed by atoms with Gasteiger partial charge in [-0.15, -0.1) is 0 Å². The molecule has 4 nitrogen and oxygen atoms in total. The van der Waals surface area contributed by atoms with Crippen molar-refractivity contribution in [3.8, 4) is 0 Å². The van der Waals surface area contributed by atoms with Crippen LogP contribution in [0.2, 0.25) is 0 Å². The van der Waals surface area contributed by atoms with Crippen molar-refractivity contribution < 1.29 is 14.6 Å². The molecule has 0 saturated heterocycles. The van der Waals surface area contributed by atoms with Gasteiger partial charge < -0.3 is 15.6 Å².